The number of hydrogen-bond donors (Lipinski definition) is 1. The third kappa shape index (κ3) is 5.55. The number of nitrogens with one attached hydrogen (secondary N) is 1. The second-order valence-corrected chi connectivity index (χ2v) is 8.35. The summed E-state index contributed by atoms with van der Waals surface area (Å²) in [5.74, 6) is 0.0359. The van der Waals surface area contributed by atoms with E-state index in [0.29, 0.717) is 0 Å². The van der Waals surface area contributed by atoms with Gasteiger partial charge in [-0.15, -0.1) is 0 Å². The Hall–Kier alpha value is -1.39. The quantitative estimate of drug-likeness (QED) is 0.861. The molecule has 1 N–H and O–H groups in total. The number of piperidine rings is 1. The largest absolute Gasteiger partial charge is 0.346 e. The molecule has 2 saturated heterocycles. The van der Waals surface area contributed by atoms with Gasteiger partial charge in [-0.3, -0.25) is 9.69 Å². The standard InChI is InChI=1S/C21H33N3O/c1-21(2,17-24-14-6-7-15-24)22-20(25)19-10-8-18(9-11-19)16-23-12-4-3-5-13-23/h8-11H,3-7,12-17H2,1-2H3,(H,22,25). The molecule has 0 unspecified atom stereocenters. The van der Waals surface area contributed by atoms with Crippen LogP contribution in [0.1, 0.15) is 61.9 Å². The lowest BCUT2D eigenvalue weighted by molar-refractivity contribution is 0.0894. The monoisotopic (exact) mass is 343 g/mol. The van der Waals surface area contributed by atoms with E-state index in [1.54, 1.807) is 0 Å². The number of nitrogens with zero attached hydrogens (tertiary/aromatic N) is 2. The van der Waals surface area contributed by atoms with E-state index in [4.69, 9.17) is 0 Å². The molecule has 0 bridgehead atoms. The van der Waals surface area contributed by atoms with E-state index in [0.717, 1.165) is 31.7 Å². The van der Waals surface area contributed by atoms with E-state index in [-0.39, 0.29) is 11.4 Å². The number of likely N-dealkylation sites (tertiary alicyclic amines) is 2. The summed E-state index contributed by atoms with van der Waals surface area (Å²) < 4.78 is 0. The predicted molar refractivity (Wildman–Crippen MR) is 103 cm³/mol. The van der Waals surface area contributed by atoms with Crippen molar-refractivity contribution in [3.8, 4) is 0 Å². The molecule has 0 aliphatic carbocycles. The van der Waals surface area contributed by atoms with Crippen LogP contribution in [0.5, 0.6) is 0 Å². The number of amides is 1. The molecule has 2 aliphatic rings. The van der Waals surface area contributed by atoms with Gasteiger partial charge in [-0.05, 0) is 83.4 Å². The van der Waals surface area contributed by atoms with Crippen molar-refractivity contribution in [1.29, 1.82) is 0 Å². The lowest BCUT2D eigenvalue weighted by Gasteiger charge is -2.31. The molecule has 4 nitrogen and oxygen atoms in total. The number of benzene rings is 1. The smallest absolute Gasteiger partial charge is 0.251 e. The number of hydrogen-bond acceptors (Lipinski definition) is 3. The Morgan fingerprint density at radius 3 is 2.12 bits per heavy atom. The van der Waals surface area contributed by atoms with E-state index in [1.165, 1.54) is 50.8 Å². The topological polar surface area (TPSA) is 35.6 Å². The lowest BCUT2D eigenvalue weighted by atomic mass is 10.0. The molecular formula is C21H33N3O. The minimum Gasteiger partial charge on any atom is -0.346 e. The summed E-state index contributed by atoms with van der Waals surface area (Å²) in [6.07, 6.45) is 6.55. The molecule has 0 aromatic heterocycles. The van der Waals surface area contributed by atoms with Crippen LogP contribution in [-0.4, -0.2) is 54.0 Å². The Morgan fingerprint density at radius 2 is 1.48 bits per heavy atom. The zero-order valence-electron chi connectivity index (χ0n) is 15.9. The molecule has 0 saturated carbocycles. The first-order chi connectivity index (χ1) is 12.0. The molecule has 138 valence electrons. The molecule has 0 spiro atoms. The average molecular weight is 344 g/mol. The Morgan fingerprint density at radius 1 is 0.920 bits per heavy atom. The van der Waals surface area contributed by atoms with E-state index in [1.807, 2.05) is 12.1 Å². The highest BCUT2D eigenvalue weighted by molar-refractivity contribution is 5.94. The van der Waals surface area contributed by atoms with Gasteiger partial charge in [0.15, 0.2) is 0 Å². The Balaban J connectivity index is 1.52. The van der Waals surface area contributed by atoms with Crippen LogP contribution in [0.2, 0.25) is 0 Å². The van der Waals surface area contributed by atoms with Gasteiger partial charge in [-0.2, -0.15) is 0 Å². The van der Waals surface area contributed by atoms with Crippen molar-refractivity contribution in [2.24, 2.45) is 0 Å². The van der Waals surface area contributed by atoms with Crippen LogP contribution in [0.3, 0.4) is 0 Å². The zero-order valence-corrected chi connectivity index (χ0v) is 15.9. The van der Waals surface area contributed by atoms with Crippen LogP contribution in [0.25, 0.3) is 0 Å². The predicted octanol–water partition coefficient (Wildman–Crippen LogP) is 3.28. The summed E-state index contributed by atoms with van der Waals surface area (Å²) in [6.45, 7) is 10.9. The van der Waals surface area contributed by atoms with Gasteiger partial charge in [-0.1, -0.05) is 18.6 Å². The van der Waals surface area contributed by atoms with Crippen molar-refractivity contribution in [3.05, 3.63) is 35.4 Å². The van der Waals surface area contributed by atoms with Crippen LogP contribution in [0.4, 0.5) is 0 Å². The number of rotatable bonds is 6. The SMILES string of the molecule is CC(C)(CN1CCCC1)NC(=O)c1ccc(CN2CCCCC2)cc1. The van der Waals surface area contributed by atoms with E-state index < -0.39 is 0 Å². The lowest BCUT2D eigenvalue weighted by Crippen LogP contribution is -2.50. The second kappa shape index (κ2) is 8.33. The highest BCUT2D eigenvalue weighted by Gasteiger charge is 2.25. The fraction of sp³-hybridized carbons (Fsp3) is 0.667. The second-order valence-electron chi connectivity index (χ2n) is 8.35. The summed E-state index contributed by atoms with van der Waals surface area (Å²) in [5, 5.41) is 3.21. The van der Waals surface area contributed by atoms with Crippen molar-refractivity contribution >= 4 is 5.91 Å². The maximum atomic E-state index is 12.6. The van der Waals surface area contributed by atoms with Crippen molar-refractivity contribution in [2.75, 3.05) is 32.7 Å². The van der Waals surface area contributed by atoms with Crippen LogP contribution in [0.15, 0.2) is 24.3 Å². The van der Waals surface area contributed by atoms with E-state index in [2.05, 4.69) is 41.1 Å². The molecule has 25 heavy (non-hydrogen) atoms. The molecule has 1 amide bonds. The van der Waals surface area contributed by atoms with Gasteiger partial charge in [0.05, 0.1) is 0 Å². The van der Waals surface area contributed by atoms with E-state index in [9.17, 15) is 4.79 Å². The molecule has 0 radical (unpaired) electrons. The van der Waals surface area contributed by atoms with Gasteiger partial charge >= 0.3 is 0 Å². The molecule has 1 aromatic carbocycles. The fourth-order valence-corrected chi connectivity index (χ4v) is 4.06. The van der Waals surface area contributed by atoms with Crippen molar-refractivity contribution in [1.82, 2.24) is 15.1 Å². The van der Waals surface area contributed by atoms with Crippen molar-refractivity contribution in [2.45, 2.75) is 58.0 Å². The molecule has 4 heteroatoms. The molecule has 2 aliphatic heterocycles. The van der Waals surface area contributed by atoms with Crippen LogP contribution in [0, 0.1) is 0 Å². The maximum absolute atomic E-state index is 12.6. The summed E-state index contributed by atoms with van der Waals surface area (Å²) in [5.41, 5.74) is 1.86. The molecule has 2 fully saturated rings. The normalized spacial score (nSPS) is 19.9. The molecule has 0 atom stereocenters. The van der Waals surface area contributed by atoms with Crippen LogP contribution in [-0.2, 0) is 6.54 Å². The summed E-state index contributed by atoms with van der Waals surface area (Å²) in [7, 11) is 0. The highest BCUT2D eigenvalue weighted by atomic mass is 16.1. The first kappa shape index (κ1) is 18.4. The first-order valence-corrected chi connectivity index (χ1v) is 9.88. The number of carbonyl (C=O) groups is 1. The molecule has 3 rings (SSSR count). The van der Waals surface area contributed by atoms with Crippen LogP contribution >= 0.6 is 0 Å². The summed E-state index contributed by atoms with van der Waals surface area (Å²) in [6, 6.07) is 8.16. The first-order valence-electron chi connectivity index (χ1n) is 9.88. The average Bonchev–Trinajstić information content (AvgIpc) is 3.08. The van der Waals surface area contributed by atoms with Crippen molar-refractivity contribution in [3.63, 3.8) is 0 Å². The highest BCUT2D eigenvalue weighted by Crippen LogP contribution is 2.16. The fourth-order valence-electron chi connectivity index (χ4n) is 4.06. The van der Waals surface area contributed by atoms with Gasteiger partial charge in [-0.25, -0.2) is 0 Å². The summed E-state index contributed by atoms with van der Waals surface area (Å²) in [4.78, 5) is 17.6. The van der Waals surface area contributed by atoms with Gasteiger partial charge in [0.1, 0.15) is 0 Å². The zero-order chi connectivity index (χ0) is 17.7. The van der Waals surface area contributed by atoms with Gasteiger partial charge in [0.25, 0.3) is 5.91 Å². The van der Waals surface area contributed by atoms with E-state index >= 15 is 0 Å². The van der Waals surface area contributed by atoms with Crippen LogP contribution < -0.4 is 5.32 Å². The molecule has 1 aromatic rings. The summed E-state index contributed by atoms with van der Waals surface area (Å²) >= 11 is 0. The minimum absolute atomic E-state index is 0.0359. The van der Waals surface area contributed by atoms with Gasteiger partial charge < -0.3 is 10.2 Å². The minimum atomic E-state index is -0.201. The Kier molecular flexibility index (Phi) is 6.13. The van der Waals surface area contributed by atoms with Gasteiger partial charge in [0, 0.05) is 24.2 Å². The third-order valence-corrected chi connectivity index (χ3v) is 5.34. The number of carbonyl (C=O) groups excluding carboxylic acids is 1. The maximum Gasteiger partial charge on any atom is 0.251 e. The Bertz CT molecular complexity index is 555. The van der Waals surface area contributed by atoms with Gasteiger partial charge in [0.2, 0.25) is 0 Å². The Labute approximate surface area is 152 Å². The molecule has 2 heterocycles. The van der Waals surface area contributed by atoms with Crippen molar-refractivity contribution < 1.29 is 4.79 Å². The third-order valence-electron chi connectivity index (χ3n) is 5.34. The molecular weight excluding hydrogens is 310 g/mol.